The molecule has 0 bridgehead atoms. The SMILES string of the molecule is C[C@@H](NC(=O)c1cccc(Br)c1F)c1cncc(F)c1. The number of halogens is 3. The molecule has 0 saturated heterocycles. The Hall–Kier alpha value is -1.82. The predicted octanol–water partition coefficient (Wildman–Crippen LogP) is 3.61. The van der Waals surface area contributed by atoms with E-state index in [1.54, 1.807) is 13.0 Å². The number of carbonyl (C=O) groups excluding carboxylic acids is 1. The Bertz CT molecular complexity index is 649. The molecule has 0 aliphatic carbocycles. The topological polar surface area (TPSA) is 42.0 Å². The number of rotatable bonds is 3. The highest BCUT2D eigenvalue weighted by Gasteiger charge is 2.17. The van der Waals surface area contributed by atoms with Crippen LogP contribution in [-0.2, 0) is 0 Å². The molecule has 6 heteroatoms. The first-order chi connectivity index (χ1) is 9.49. The molecule has 1 aromatic heterocycles. The number of benzene rings is 1. The molecule has 2 aromatic rings. The highest BCUT2D eigenvalue weighted by atomic mass is 79.9. The quantitative estimate of drug-likeness (QED) is 0.927. The Kier molecular flexibility index (Phi) is 4.44. The van der Waals surface area contributed by atoms with Crippen LogP contribution in [0.3, 0.4) is 0 Å². The first-order valence-corrected chi connectivity index (χ1v) is 6.63. The molecule has 1 N–H and O–H groups in total. The fourth-order valence-electron chi connectivity index (χ4n) is 1.70. The van der Waals surface area contributed by atoms with Crippen molar-refractivity contribution in [2.75, 3.05) is 0 Å². The van der Waals surface area contributed by atoms with Gasteiger partial charge in [0.05, 0.1) is 22.3 Å². The molecular weight excluding hydrogens is 330 g/mol. The lowest BCUT2D eigenvalue weighted by Crippen LogP contribution is -2.27. The van der Waals surface area contributed by atoms with Gasteiger partial charge < -0.3 is 5.32 Å². The van der Waals surface area contributed by atoms with Gasteiger partial charge in [0.2, 0.25) is 0 Å². The van der Waals surface area contributed by atoms with Gasteiger partial charge in [0, 0.05) is 6.20 Å². The summed E-state index contributed by atoms with van der Waals surface area (Å²) < 4.78 is 27.1. The van der Waals surface area contributed by atoms with Gasteiger partial charge in [0.25, 0.3) is 5.91 Å². The summed E-state index contributed by atoms with van der Waals surface area (Å²) in [6.07, 6.45) is 2.53. The fraction of sp³-hybridized carbons (Fsp3) is 0.143. The average molecular weight is 341 g/mol. The van der Waals surface area contributed by atoms with Crippen LogP contribution in [0.25, 0.3) is 0 Å². The second-order valence-corrected chi connectivity index (χ2v) is 5.09. The van der Waals surface area contributed by atoms with Gasteiger partial charge in [-0.05, 0) is 46.6 Å². The van der Waals surface area contributed by atoms with E-state index in [0.717, 1.165) is 6.20 Å². The zero-order chi connectivity index (χ0) is 14.7. The number of carbonyl (C=O) groups is 1. The van der Waals surface area contributed by atoms with E-state index in [1.165, 1.54) is 24.4 Å². The van der Waals surface area contributed by atoms with Crippen LogP contribution in [0.1, 0.15) is 28.9 Å². The first kappa shape index (κ1) is 14.6. The van der Waals surface area contributed by atoms with Crippen LogP contribution in [-0.4, -0.2) is 10.9 Å². The number of hydrogen-bond donors (Lipinski definition) is 1. The van der Waals surface area contributed by atoms with Crippen LogP contribution >= 0.6 is 15.9 Å². The summed E-state index contributed by atoms with van der Waals surface area (Å²) in [7, 11) is 0. The molecule has 0 aliphatic heterocycles. The van der Waals surface area contributed by atoms with Gasteiger partial charge in [-0.25, -0.2) is 8.78 Å². The largest absolute Gasteiger partial charge is 0.345 e. The van der Waals surface area contributed by atoms with E-state index in [4.69, 9.17) is 0 Å². The summed E-state index contributed by atoms with van der Waals surface area (Å²) in [6, 6.07) is 5.24. The van der Waals surface area contributed by atoms with Gasteiger partial charge in [-0.2, -0.15) is 0 Å². The van der Waals surface area contributed by atoms with Crippen LogP contribution in [0.4, 0.5) is 8.78 Å². The zero-order valence-corrected chi connectivity index (χ0v) is 12.1. The first-order valence-electron chi connectivity index (χ1n) is 5.84. The Balaban J connectivity index is 2.17. The molecule has 0 aliphatic rings. The number of pyridine rings is 1. The molecule has 1 aromatic carbocycles. The van der Waals surface area contributed by atoms with Crippen LogP contribution in [0.5, 0.6) is 0 Å². The molecule has 1 heterocycles. The van der Waals surface area contributed by atoms with Crippen LogP contribution in [0.2, 0.25) is 0 Å². The van der Waals surface area contributed by atoms with Crippen molar-refractivity contribution in [2.24, 2.45) is 0 Å². The van der Waals surface area contributed by atoms with Gasteiger partial charge in [-0.15, -0.1) is 0 Å². The van der Waals surface area contributed by atoms with Gasteiger partial charge in [-0.3, -0.25) is 9.78 Å². The van der Waals surface area contributed by atoms with E-state index in [0.29, 0.717) is 5.56 Å². The van der Waals surface area contributed by atoms with Crippen molar-refractivity contribution in [1.82, 2.24) is 10.3 Å². The molecule has 0 unspecified atom stereocenters. The van der Waals surface area contributed by atoms with E-state index in [1.807, 2.05) is 0 Å². The van der Waals surface area contributed by atoms with Crippen molar-refractivity contribution in [3.8, 4) is 0 Å². The smallest absolute Gasteiger partial charge is 0.254 e. The van der Waals surface area contributed by atoms with Crippen molar-refractivity contribution >= 4 is 21.8 Å². The summed E-state index contributed by atoms with van der Waals surface area (Å²) in [5.41, 5.74) is 0.435. The molecule has 3 nitrogen and oxygen atoms in total. The minimum atomic E-state index is -0.630. The zero-order valence-electron chi connectivity index (χ0n) is 10.5. The van der Waals surface area contributed by atoms with E-state index in [9.17, 15) is 13.6 Å². The molecule has 0 spiro atoms. The third-order valence-electron chi connectivity index (χ3n) is 2.77. The monoisotopic (exact) mass is 340 g/mol. The highest BCUT2D eigenvalue weighted by Crippen LogP contribution is 2.20. The standard InChI is InChI=1S/C14H11BrF2N2O/c1-8(9-5-10(16)7-18-6-9)19-14(20)11-3-2-4-12(15)13(11)17/h2-8H,1H3,(H,19,20)/t8-/m1/s1. The minimum Gasteiger partial charge on any atom is -0.345 e. The van der Waals surface area contributed by atoms with Gasteiger partial charge >= 0.3 is 0 Å². The normalized spacial score (nSPS) is 12.0. The van der Waals surface area contributed by atoms with E-state index in [2.05, 4.69) is 26.2 Å². The number of amides is 1. The van der Waals surface area contributed by atoms with Crippen molar-refractivity contribution in [2.45, 2.75) is 13.0 Å². The molecule has 20 heavy (non-hydrogen) atoms. The Morgan fingerprint density at radius 3 is 2.80 bits per heavy atom. The summed E-state index contributed by atoms with van der Waals surface area (Å²) in [5, 5.41) is 2.60. The van der Waals surface area contributed by atoms with Gasteiger partial charge in [-0.1, -0.05) is 6.07 Å². The lowest BCUT2D eigenvalue weighted by Gasteiger charge is -2.14. The number of nitrogens with one attached hydrogen (secondary N) is 1. The van der Waals surface area contributed by atoms with Gasteiger partial charge in [0.1, 0.15) is 11.6 Å². The van der Waals surface area contributed by atoms with Crippen LogP contribution in [0.15, 0.2) is 41.1 Å². The van der Waals surface area contributed by atoms with E-state index in [-0.39, 0.29) is 10.0 Å². The third kappa shape index (κ3) is 3.19. The lowest BCUT2D eigenvalue weighted by atomic mass is 10.1. The van der Waals surface area contributed by atoms with Crippen molar-refractivity contribution < 1.29 is 13.6 Å². The molecule has 2 rings (SSSR count). The number of aromatic nitrogens is 1. The van der Waals surface area contributed by atoms with E-state index >= 15 is 0 Å². The second-order valence-electron chi connectivity index (χ2n) is 4.23. The summed E-state index contributed by atoms with van der Waals surface area (Å²) >= 11 is 3.02. The van der Waals surface area contributed by atoms with Crippen LogP contribution < -0.4 is 5.32 Å². The summed E-state index contributed by atoms with van der Waals surface area (Å²) in [6.45, 7) is 1.67. The maximum Gasteiger partial charge on any atom is 0.254 e. The summed E-state index contributed by atoms with van der Waals surface area (Å²) in [4.78, 5) is 15.7. The highest BCUT2D eigenvalue weighted by molar-refractivity contribution is 9.10. The van der Waals surface area contributed by atoms with Crippen LogP contribution in [0, 0.1) is 11.6 Å². The minimum absolute atomic E-state index is 0.0735. The number of hydrogen-bond acceptors (Lipinski definition) is 2. The maximum atomic E-state index is 13.8. The Morgan fingerprint density at radius 1 is 1.35 bits per heavy atom. The Labute approximate surface area is 123 Å². The molecule has 1 atom stereocenters. The van der Waals surface area contributed by atoms with Crippen molar-refractivity contribution in [3.05, 3.63) is 63.9 Å². The summed E-state index contributed by atoms with van der Waals surface area (Å²) in [5.74, 6) is -1.69. The van der Waals surface area contributed by atoms with Crippen molar-refractivity contribution in [3.63, 3.8) is 0 Å². The molecule has 104 valence electrons. The average Bonchev–Trinajstić information content (AvgIpc) is 2.41. The molecular formula is C14H11BrF2N2O. The van der Waals surface area contributed by atoms with Crippen molar-refractivity contribution in [1.29, 1.82) is 0 Å². The van der Waals surface area contributed by atoms with E-state index < -0.39 is 23.6 Å². The number of nitrogens with zero attached hydrogens (tertiary/aromatic N) is 1. The maximum absolute atomic E-state index is 13.8. The predicted molar refractivity (Wildman–Crippen MR) is 74.2 cm³/mol. The van der Waals surface area contributed by atoms with Gasteiger partial charge in [0.15, 0.2) is 0 Å². The third-order valence-corrected chi connectivity index (χ3v) is 3.38. The second kappa shape index (κ2) is 6.09. The Morgan fingerprint density at radius 2 is 2.10 bits per heavy atom. The fourth-order valence-corrected chi connectivity index (χ4v) is 2.07. The molecule has 0 radical (unpaired) electrons. The lowest BCUT2D eigenvalue weighted by molar-refractivity contribution is 0.0935. The molecule has 1 amide bonds. The molecule has 0 fully saturated rings. The molecule has 0 saturated carbocycles.